The molecule has 0 aliphatic rings. The lowest BCUT2D eigenvalue weighted by Crippen LogP contribution is -2.26. The first kappa shape index (κ1) is 22.4. The smallest absolute Gasteiger partial charge is 0.274 e. The monoisotopic (exact) mass is 488 g/mol. The first-order valence-corrected chi connectivity index (χ1v) is 10.9. The summed E-state index contributed by atoms with van der Waals surface area (Å²) < 4.78 is 14.9. The Hall–Kier alpha value is -4.44. The van der Waals surface area contributed by atoms with E-state index < -0.39 is 11.7 Å². The van der Waals surface area contributed by atoms with Crippen LogP contribution in [0.2, 0.25) is 5.02 Å². The van der Waals surface area contributed by atoms with Crippen molar-refractivity contribution >= 4 is 34.2 Å². The number of hydrogen-bond acceptors (Lipinski definition) is 7. The molecule has 0 aliphatic carbocycles. The molecular weight excluding hydrogens is 471 g/mol. The van der Waals surface area contributed by atoms with Crippen LogP contribution in [0.3, 0.4) is 0 Å². The topological polar surface area (TPSA) is 124 Å². The molecule has 9 nitrogen and oxygen atoms in total. The van der Waals surface area contributed by atoms with Crippen LogP contribution in [-0.4, -0.2) is 35.6 Å². The fraction of sp³-hybridized carbons (Fsp3) is 0.0833. The van der Waals surface area contributed by atoms with Gasteiger partial charge in [-0.2, -0.15) is 5.10 Å². The van der Waals surface area contributed by atoms with E-state index in [0.717, 1.165) is 28.7 Å². The molecule has 35 heavy (non-hydrogen) atoms. The molecule has 4 heterocycles. The number of anilines is 1. The number of hydrogen-bond donors (Lipinski definition) is 2. The van der Waals surface area contributed by atoms with Crippen molar-refractivity contribution in [1.82, 2.24) is 35.0 Å². The highest BCUT2D eigenvalue weighted by molar-refractivity contribution is 6.31. The Labute approximate surface area is 203 Å². The fourth-order valence-corrected chi connectivity index (χ4v) is 3.80. The van der Waals surface area contributed by atoms with Gasteiger partial charge in [0.2, 0.25) is 0 Å². The van der Waals surface area contributed by atoms with Crippen LogP contribution in [0.15, 0.2) is 61.1 Å². The quantitative estimate of drug-likeness (QED) is 0.385. The van der Waals surface area contributed by atoms with Crippen LogP contribution in [0, 0.1) is 5.82 Å². The van der Waals surface area contributed by atoms with E-state index in [2.05, 4.69) is 30.4 Å². The minimum absolute atomic E-state index is 0.0436. The zero-order chi connectivity index (χ0) is 24.5. The van der Waals surface area contributed by atoms with Gasteiger partial charge in [-0.25, -0.2) is 14.4 Å². The third-order valence-electron chi connectivity index (χ3n) is 5.27. The van der Waals surface area contributed by atoms with Crippen LogP contribution in [0.4, 0.5) is 10.2 Å². The number of carbonyl (C=O) groups is 1. The number of carbonyl (C=O) groups excluding carboxylic acids is 1. The normalized spacial score (nSPS) is 11.1. The maximum Gasteiger partial charge on any atom is 0.274 e. The molecule has 0 atom stereocenters. The van der Waals surface area contributed by atoms with Crippen LogP contribution in [0.1, 0.15) is 16.2 Å². The molecule has 3 N–H and O–H groups in total. The molecule has 11 heteroatoms. The summed E-state index contributed by atoms with van der Waals surface area (Å²) in [5.41, 5.74) is 9.36. The Kier molecular flexibility index (Phi) is 5.79. The van der Waals surface area contributed by atoms with Gasteiger partial charge in [-0.15, -0.1) is 0 Å². The largest absolute Gasteiger partial charge is 0.382 e. The van der Waals surface area contributed by atoms with Gasteiger partial charge in [-0.05, 0) is 30.3 Å². The molecule has 1 aromatic carbocycles. The second kappa shape index (κ2) is 9.07. The summed E-state index contributed by atoms with van der Waals surface area (Å²) in [5.74, 6) is -1.21. The molecule has 0 radical (unpaired) electrons. The standard InChI is InChI=1S/C24H18ClFN8O/c1-34-8-6-18(33-34)21-20(14-4-5-17-13(9-14)3-2-7-28-17)31-22(23(27)32-21)24(35)30-12-19-16(25)10-15(26)11-29-19/h2-11H,12H2,1H3,(H2,27,32)(H,30,35). The van der Waals surface area contributed by atoms with Crippen LogP contribution in [0.25, 0.3) is 33.5 Å². The fourth-order valence-electron chi connectivity index (χ4n) is 3.58. The maximum absolute atomic E-state index is 13.3. The Morgan fingerprint density at radius 2 is 2.00 bits per heavy atom. The second-order valence-corrected chi connectivity index (χ2v) is 8.11. The van der Waals surface area contributed by atoms with Crippen LogP contribution >= 0.6 is 11.6 Å². The van der Waals surface area contributed by atoms with Crippen molar-refractivity contribution < 1.29 is 9.18 Å². The van der Waals surface area contributed by atoms with Crippen molar-refractivity contribution in [2.45, 2.75) is 6.54 Å². The molecule has 0 saturated carbocycles. The highest BCUT2D eigenvalue weighted by Crippen LogP contribution is 2.31. The van der Waals surface area contributed by atoms with Gasteiger partial charge in [0, 0.05) is 30.4 Å². The van der Waals surface area contributed by atoms with Crippen molar-refractivity contribution in [3.8, 4) is 22.6 Å². The van der Waals surface area contributed by atoms with E-state index in [9.17, 15) is 9.18 Å². The molecule has 0 bridgehead atoms. The van der Waals surface area contributed by atoms with E-state index >= 15 is 0 Å². The van der Waals surface area contributed by atoms with E-state index in [0.29, 0.717) is 22.8 Å². The number of nitrogens with one attached hydrogen (secondary N) is 1. The van der Waals surface area contributed by atoms with Crippen LogP contribution in [0.5, 0.6) is 0 Å². The lowest BCUT2D eigenvalue weighted by Gasteiger charge is -2.12. The Morgan fingerprint density at radius 1 is 1.14 bits per heavy atom. The second-order valence-electron chi connectivity index (χ2n) is 7.70. The SMILES string of the molecule is Cn1ccc(-c2nc(N)c(C(=O)NCc3ncc(F)cc3Cl)nc2-c2ccc3ncccc3c2)n1. The average molecular weight is 489 g/mol. The van der Waals surface area contributed by atoms with Gasteiger partial charge in [0.05, 0.1) is 34.7 Å². The Balaban J connectivity index is 1.56. The third-order valence-corrected chi connectivity index (χ3v) is 5.60. The van der Waals surface area contributed by atoms with Gasteiger partial charge in [0.15, 0.2) is 11.5 Å². The number of fused-ring (bicyclic) bond motifs is 1. The highest BCUT2D eigenvalue weighted by atomic mass is 35.5. The maximum atomic E-state index is 13.3. The summed E-state index contributed by atoms with van der Waals surface area (Å²) in [6.45, 7) is -0.0436. The van der Waals surface area contributed by atoms with Crippen molar-refractivity contribution in [2.24, 2.45) is 7.05 Å². The highest BCUT2D eigenvalue weighted by Gasteiger charge is 2.21. The van der Waals surface area contributed by atoms with Crippen molar-refractivity contribution in [2.75, 3.05) is 5.73 Å². The number of aryl methyl sites for hydroxylation is 1. The molecule has 5 aromatic rings. The number of amides is 1. The Bertz CT molecular complexity index is 1590. The summed E-state index contributed by atoms with van der Waals surface area (Å²) in [6.07, 6.45) is 4.52. The van der Waals surface area contributed by atoms with Crippen molar-refractivity contribution in [3.63, 3.8) is 0 Å². The molecule has 1 amide bonds. The number of aromatic nitrogens is 6. The third kappa shape index (κ3) is 4.51. The minimum Gasteiger partial charge on any atom is -0.382 e. The van der Waals surface area contributed by atoms with Gasteiger partial charge in [0.25, 0.3) is 5.91 Å². The summed E-state index contributed by atoms with van der Waals surface area (Å²) in [6, 6.07) is 12.3. The number of nitrogens with two attached hydrogens (primary N) is 1. The summed E-state index contributed by atoms with van der Waals surface area (Å²) >= 11 is 6.01. The van der Waals surface area contributed by atoms with Crippen molar-refractivity contribution in [3.05, 3.63) is 83.3 Å². The lowest BCUT2D eigenvalue weighted by molar-refractivity contribution is 0.0946. The first-order chi connectivity index (χ1) is 16.9. The van der Waals surface area contributed by atoms with E-state index in [4.69, 9.17) is 17.3 Å². The number of pyridine rings is 2. The predicted octanol–water partition coefficient (Wildman–Crippen LogP) is 3.79. The number of halogens is 2. The van der Waals surface area contributed by atoms with E-state index in [1.807, 2.05) is 30.3 Å². The van der Waals surface area contributed by atoms with Gasteiger partial charge in [-0.1, -0.05) is 23.7 Å². The van der Waals surface area contributed by atoms with Crippen molar-refractivity contribution in [1.29, 1.82) is 0 Å². The summed E-state index contributed by atoms with van der Waals surface area (Å²) in [4.78, 5) is 30.3. The number of nitrogens with zero attached hydrogens (tertiary/aromatic N) is 6. The molecular formula is C24H18ClFN8O. The van der Waals surface area contributed by atoms with Gasteiger partial charge >= 0.3 is 0 Å². The average Bonchev–Trinajstić information content (AvgIpc) is 3.29. The van der Waals surface area contributed by atoms with Crippen LogP contribution < -0.4 is 11.1 Å². The lowest BCUT2D eigenvalue weighted by atomic mass is 10.0. The molecule has 174 valence electrons. The number of nitrogen functional groups attached to an aromatic ring is 1. The predicted molar refractivity (Wildman–Crippen MR) is 130 cm³/mol. The molecule has 4 aromatic heterocycles. The molecule has 0 saturated heterocycles. The zero-order valence-corrected chi connectivity index (χ0v) is 19.2. The van der Waals surface area contributed by atoms with Gasteiger partial charge < -0.3 is 11.1 Å². The first-order valence-electron chi connectivity index (χ1n) is 10.5. The van der Waals surface area contributed by atoms with Gasteiger partial charge in [0.1, 0.15) is 17.2 Å². The van der Waals surface area contributed by atoms with Gasteiger partial charge in [-0.3, -0.25) is 19.4 Å². The summed E-state index contributed by atoms with van der Waals surface area (Å²) in [5, 5.41) is 8.10. The number of benzene rings is 1. The molecule has 0 spiro atoms. The minimum atomic E-state index is -0.575. The zero-order valence-electron chi connectivity index (χ0n) is 18.4. The Morgan fingerprint density at radius 3 is 2.77 bits per heavy atom. The molecule has 0 aliphatic heterocycles. The summed E-state index contributed by atoms with van der Waals surface area (Å²) in [7, 11) is 1.79. The molecule has 5 rings (SSSR count). The molecule has 0 fully saturated rings. The van der Waals surface area contributed by atoms with E-state index in [1.54, 1.807) is 30.2 Å². The number of rotatable bonds is 5. The van der Waals surface area contributed by atoms with E-state index in [-0.39, 0.29) is 23.1 Å². The van der Waals surface area contributed by atoms with E-state index in [1.165, 1.54) is 0 Å². The van der Waals surface area contributed by atoms with Crippen LogP contribution in [-0.2, 0) is 13.6 Å². The molecule has 0 unspecified atom stereocenters.